The Balaban J connectivity index is 2.41. The van der Waals surface area contributed by atoms with Crippen LogP contribution in [0, 0.1) is 5.92 Å². The Kier molecular flexibility index (Phi) is 1.69. The monoisotopic (exact) mass is 111 g/mol. The van der Waals surface area contributed by atoms with Crippen molar-refractivity contribution in [1.29, 1.82) is 0 Å². The minimum atomic E-state index is 0.410. The molecule has 0 heterocycles. The lowest BCUT2D eigenvalue weighted by atomic mass is 10.1. The van der Waals surface area contributed by atoms with Crippen molar-refractivity contribution in [3.8, 4) is 0 Å². The molecule has 0 spiro atoms. The Morgan fingerprint density at radius 3 is 2.50 bits per heavy atom. The first-order valence-electron chi connectivity index (χ1n) is 3.22. The van der Waals surface area contributed by atoms with E-state index in [4.69, 9.17) is 5.73 Å². The van der Waals surface area contributed by atoms with Crippen molar-refractivity contribution < 1.29 is 0 Å². The van der Waals surface area contributed by atoms with E-state index >= 15 is 0 Å². The molecule has 1 rings (SSSR count). The summed E-state index contributed by atoms with van der Waals surface area (Å²) in [5, 5.41) is 0. The molecule has 2 N–H and O–H groups in total. The number of rotatable bonds is 1. The molecule has 0 amide bonds. The second kappa shape index (κ2) is 2.31. The van der Waals surface area contributed by atoms with Crippen molar-refractivity contribution in [1.82, 2.24) is 0 Å². The summed E-state index contributed by atoms with van der Waals surface area (Å²) >= 11 is 0. The smallest absolute Gasteiger partial charge is 0.0102 e. The van der Waals surface area contributed by atoms with Gasteiger partial charge in [0.2, 0.25) is 0 Å². The van der Waals surface area contributed by atoms with Crippen LogP contribution in [0.25, 0.3) is 0 Å². The first kappa shape index (κ1) is 5.83. The number of hydrogen-bond donors (Lipinski definition) is 1. The second-order valence-electron chi connectivity index (χ2n) is 2.49. The highest BCUT2D eigenvalue weighted by atomic mass is 14.7. The summed E-state index contributed by atoms with van der Waals surface area (Å²) in [6, 6.07) is 0.410. The Labute approximate surface area is 50.6 Å². The quantitative estimate of drug-likeness (QED) is 0.507. The van der Waals surface area contributed by atoms with E-state index in [0.29, 0.717) is 12.0 Å². The number of hydrogen-bond acceptors (Lipinski definition) is 1. The van der Waals surface area contributed by atoms with E-state index in [0.717, 1.165) is 0 Å². The van der Waals surface area contributed by atoms with Crippen molar-refractivity contribution in [3.05, 3.63) is 12.7 Å². The van der Waals surface area contributed by atoms with Crippen LogP contribution in [0.2, 0.25) is 0 Å². The Bertz CT molecular complexity index is 88.4. The zero-order chi connectivity index (χ0) is 5.98. The topological polar surface area (TPSA) is 26.0 Å². The highest BCUT2D eigenvalue weighted by molar-refractivity contribution is 4.91. The fraction of sp³-hybridized carbons (Fsp3) is 0.714. The Morgan fingerprint density at radius 1 is 1.50 bits per heavy atom. The average Bonchev–Trinajstić information content (AvgIpc) is 2.14. The molecule has 1 aliphatic carbocycles. The van der Waals surface area contributed by atoms with Crippen LogP contribution in [-0.4, -0.2) is 6.04 Å². The van der Waals surface area contributed by atoms with E-state index in [1.807, 2.05) is 6.08 Å². The van der Waals surface area contributed by atoms with Gasteiger partial charge in [-0.1, -0.05) is 12.5 Å². The molecule has 1 fully saturated rings. The van der Waals surface area contributed by atoms with Crippen LogP contribution >= 0.6 is 0 Å². The first-order chi connectivity index (χ1) is 3.84. The summed E-state index contributed by atoms with van der Waals surface area (Å²) < 4.78 is 0. The van der Waals surface area contributed by atoms with Crippen molar-refractivity contribution >= 4 is 0 Å². The van der Waals surface area contributed by atoms with Crippen LogP contribution in [-0.2, 0) is 0 Å². The molecule has 0 aliphatic heterocycles. The fourth-order valence-electron chi connectivity index (χ4n) is 1.31. The van der Waals surface area contributed by atoms with Gasteiger partial charge >= 0.3 is 0 Å². The summed E-state index contributed by atoms with van der Waals surface area (Å²) in [6.07, 6.45) is 5.72. The molecule has 0 aromatic carbocycles. The second-order valence-corrected chi connectivity index (χ2v) is 2.49. The average molecular weight is 111 g/mol. The summed E-state index contributed by atoms with van der Waals surface area (Å²) in [7, 11) is 0. The third kappa shape index (κ3) is 0.920. The van der Waals surface area contributed by atoms with Crippen molar-refractivity contribution in [2.45, 2.75) is 25.3 Å². The summed E-state index contributed by atoms with van der Waals surface area (Å²) in [5.41, 5.74) is 5.72. The maximum Gasteiger partial charge on any atom is 0.0102 e. The molecule has 1 saturated carbocycles. The summed E-state index contributed by atoms with van der Waals surface area (Å²) in [5.74, 6) is 0.606. The van der Waals surface area contributed by atoms with Gasteiger partial charge in [0.25, 0.3) is 0 Å². The molecule has 0 unspecified atom stereocenters. The molecule has 2 atom stereocenters. The van der Waals surface area contributed by atoms with Gasteiger partial charge in [0.05, 0.1) is 0 Å². The van der Waals surface area contributed by atoms with E-state index < -0.39 is 0 Å². The fourth-order valence-corrected chi connectivity index (χ4v) is 1.31. The predicted octanol–water partition coefficient (Wildman–Crippen LogP) is 1.30. The van der Waals surface area contributed by atoms with Crippen LogP contribution in [0.5, 0.6) is 0 Å². The highest BCUT2D eigenvalue weighted by Gasteiger charge is 2.19. The van der Waals surface area contributed by atoms with Crippen LogP contribution in [0.4, 0.5) is 0 Å². The molecule has 0 aromatic rings. The van der Waals surface area contributed by atoms with Gasteiger partial charge in [0.1, 0.15) is 0 Å². The van der Waals surface area contributed by atoms with Crippen molar-refractivity contribution in [2.75, 3.05) is 0 Å². The van der Waals surface area contributed by atoms with Crippen LogP contribution in [0.1, 0.15) is 19.3 Å². The van der Waals surface area contributed by atoms with Gasteiger partial charge in [-0.15, -0.1) is 6.58 Å². The van der Waals surface area contributed by atoms with E-state index in [2.05, 4.69) is 6.58 Å². The molecular weight excluding hydrogens is 98.1 g/mol. The van der Waals surface area contributed by atoms with Crippen molar-refractivity contribution in [3.63, 3.8) is 0 Å². The standard InChI is InChI=1S/C7H13N/c1-2-6-4-3-5-7(6)8/h2,6-7H,1,3-5,8H2/t6-,7+/m1/s1. The van der Waals surface area contributed by atoms with E-state index in [1.54, 1.807) is 0 Å². The maximum atomic E-state index is 5.72. The summed E-state index contributed by atoms with van der Waals surface area (Å²) in [4.78, 5) is 0. The lowest BCUT2D eigenvalue weighted by Gasteiger charge is -2.07. The number of nitrogens with two attached hydrogens (primary N) is 1. The first-order valence-corrected chi connectivity index (χ1v) is 3.22. The zero-order valence-corrected chi connectivity index (χ0v) is 5.14. The molecule has 0 aromatic heterocycles. The third-order valence-electron chi connectivity index (χ3n) is 1.93. The van der Waals surface area contributed by atoms with E-state index in [-0.39, 0.29) is 0 Å². The molecule has 1 aliphatic rings. The van der Waals surface area contributed by atoms with Crippen LogP contribution in [0.3, 0.4) is 0 Å². The largest absolute Gasteiger partial charge is 0.327 e. The molecule has 0 saturated heterocycles. The van der Waals surface area contributed by atoms with Crippen molar-refractivity contribution in [2.24, 2.45) is 11.7 Å². The molecule has 8 heavy (non-hydrogen) atoms. The molecule has 0 radical (unpaired) electrons. The summed E-state index contributed by atoms with van der Waals surface area (Å²) in [6.45, 7) is 3.71. The maximum absolute atomic E-state index is 5.72. The van der Waals surface area contributed by atoms with Gasteiger partial charge in [0, 0.05) is 6.04 Å². The van der Waals surface area contributed by atoms with Crippen LogP contribution < -0.4 is 5.73 Å². The lowest BCUT2D eigenvalue weighted by Crippen LogP contribution is -2.22. The molecule has 0 bridgehead atoms. The van der Waals surface area contributed by atoms with Crippen LogP contribution in [0.15, 0.2) is 12.7 Å². The Hall–Kier alpha value is -0.300. The SMILES string of the molecule is C=C[C@@H]1CCC[C@@H]1N. The van der Waals surface area contributed by atoms with Gasteiger partial charge in [0.15, 0.2) is 0 Å². The van der Waals surface area contributed by atoms with Gasteiger partial charge in [-0.05, 0) is 18.8 Å². The predicted molar refractivity (Wildman–Crippen MR) is 35.5 cm³/mol. The third-order valence-corrected chi connectivity index (χ3v) is 1.93. The highest BCUT2D eigenvalue weighted by Crippen LogP contribution is 2.23. The van der Waals surface area contributed by atoms with Gasteiger partial charge in [-0.3, -0.25) is 0 Å². The van der Waals surface area contributed by atoms with E-state index in [9.17, 15) is 0 Å². The molecule has 1 nitrogen and oxygen atoms in total. The minimum Gasteiger partial charge on any atom is -0.327 e. The zero-order valence-electron chi connectivity index (χ0n) is 5.14. The normalized spacial score (nSPS) is 37.6. The van der Waals surface area contributed by atoms with Gasteiger partial charge in [-0.25, -0.2) is 0 Å². The lowest BCUT2D eigenvalue weighted by molar-refractivity contribution is 0.583. The molecule has 46 valence electrons. The Morgan fingerprint density at radius 2 is 2.25 bits per heavy atom. The minimum absolute atomic E-state index is 0.410. The molecular formula is C7H13N. The molecule has 1 heteroatoms. The van der Waals surface area contributed by atoms with Gasteiger partial charge in [-0.2, -0.15) is 0 Å². The van der Waals surface area contributed by atoms with E-state index in [1.165, 1.54) is 19.3 Å². The van der Waals surface area contributed by atoms with Gasteiger partial charge < -0.3 is 5.73 Å².